The lowest BCUT2D eigenvalue weighted by atomic mass is 10.2. The van der Waals surface area contributed by atoms with Crippen LogP contribution < -0.4 is 15.5 Å². The fraction of sp³-hybridized carbons (Fsp3) is 0.385. The number of urea groups is 1. The highest BCUT2D eigenvalue weighted by atomic mass is 16.2. The summed E-state index contributed by atoms with van der Waals surface area (Å²) in [5.74, 6) is -0.275. The van der Waals surface area contributed by atoms with Gasteiger partial charge in [0, 0.05) is 12.6 Å². The maximum atomic E-state index is 11.8. The Morgan fingerprint density at radius 3 is 2.44 bits per heavy atom. The van der Waals surface area contributed by atoms with Crippen molar-refractivity contribution in [3.8, 4) is 0 Å². The number of nitrogens with one attached hydrogen (secondary N) is 3. The molecule has 5 nitrogen and oxygen atoms in total. The van der Waals surface area contributed by atoms with Crippen molar-refractivity contribution < 1.29 is 14.5 Å². The smallest absolute Gasteiger partial charge is 0.321 e. The molecule has 18 heavy (non-hydrogen) atoms. The molecule has 0 saturated carbocycles. The predicted octanol–water partition coefficient (Wildman–Crippen LogP) is -0.455. The van der Waals surface area contributed by atoms with Crippen molar-refractivity contribution in [2.24, 2.45) is 0 Å². The summed E-state index contributed by atoms with van der Waals surface area (Å²) < 4.78 is 0. The average molecular weight is 250 g/mol. The zero-order chi connectivity index (χ0) is 13.5. The molecular formula is C13H20N3O2+. The van der Waals surface area contributed by atoms with Crippen LogP contribution in [0.15, 0.2) is 30.3 Å². The Morgan fingerprint density at radius 1 is 1.28 bits per heavy atom. The van der Waals surface area contributed by atoms with Gasteiger partial charge < -0.3 is 10.2 Å². The van der Waals surface area contributed by atoms with Crippen LogP contribution in [0.25, 0.3) is 0 Å². The Kier molecular flexibility index (Phi) is 5.32. The van der Waals surface area contributed by atoms with Crippen LogP contribution in [0.2, 0.25) is 0 Å². The molecule has 0 radical (unpaired) electrons. The Labute approximate surface area is 107 Å². The Hall–Kier alpha value is -1.88. The lowest BCUT2D eigenvalue weighted by molar-refractivity contribution is -0.908. The summed E-state index contributed by atoms with van der Waals surface area (Å²) in [4.78, 5) is 23.8. The first-order valence-electron chi connectivity index (χ1n) is 5.93. The van der Waals surface area contributed by atoms with E-state index in [0.717, 1.165) is 17.0 Å². The first-order valence-corrected chi connectivity index (χ1v) is 5.93. The maximum Gasteiger partial charge on any atom is 0.321 e. The van der Waals surface area contributed by atoms with E-state index in [1.165, 1.54) is 7.05 Å². The zero-order valence-electron chi connectivity index (χ0n) is 11.0. The highest BCUT2D eigenvalue weighted by Gasteiger charge is 2.23. The molecule has 0 aliphatic rings. The van der Waals surface area contributed by atoms with Crippen LogP contribution in [0.3, 0.4) is 0 Å². The summed E-state index contributed by atoms with van der Waals surface area (Å²) in [6.45, 7) is 2.54. The van der Waals surface area contributed by atoms with E-state index in [-0.39, 0.29) is 11.9 Å². The third kappa shape index (κ3) is 4.18. The zero-order valence-corrected chi connectivity index (χ0v) is 11.0. The summed E-state index contributed by atoms with van der Waals surface area (Å²) in [5, 5.41) is 4.65. The van der Waals surface area contributed by atoms with E-state index >= 15 is 0 Å². The quantitative estimate of drug-likeness (QED) is 0.677. The van der Waals surface area contributed by atoms with Gasteiger partial charge in [-0.15, -0.1) is 0 Å². The number of benzene rings is 1. The van der Waals surface area contributed by atoms with Gasteiger partial charge in [0.15, 0.2) is 6.04 Å². The van der Waals surface area contributed by atoms with E-state index in [0.29, 0.717) is 0 Å². The minimum Gasteiger partial charge on any atom is -0.341 e. The molecular weight excluding hydrogens is 230 g/mol. The van der Waals surface area contributed by atoms with Crippen LogP contribution in [0.5, 0.6) is 0 Å². The summed E-state index contributed by atoms with van der Waals surface area (Å²) in [5.41, 5.74) is 1.16. The first kappa shape index (κ1) is 14.2. The predicted molar refractivity (Wildman–Crippen MR) is 69.1 cm³/mol. The van der Waals surface area contributed by atoms with E-state index in [4.69, 9.17) is 0 Å². The number of rotatable bonds is 4. The van der Waals surface area contributed by atoms with Crippen molar-refractivity contribution in [2.45, 2.75) is 19.5 Å². The minimum atomic E-state index is -0.473. The molecule has 0 heterocycles. The third-order valence-electron chi connectivity index (χ3n) is 2.92. The van der Waals surface area contributed by atoms with Crippen LogP contribution in [0.1, 0.15) is 12.5 Å². The Morgan fingerprint density at radius 2 is 1.89 bits per heavy atom. The van der Waals surface area contributed by atoms with Crippen LogP contribution in [0, 0.1) is 0 Å². The molecule has 98 valence electrons. The van der Waals surface area contributed by atoms with E-state index in [1.54, 1.807) is 6.92 Å². The molecule has 1 aromatic rings. The van der Waals surface area contributed by atoms with Crippen LogP contribution in [0.4, 0.5) is 4.79 Å². The van der Waals surface area contributed by atoms with Gasteiger partial charge in [0.05, 0.1) is 7.05 Å². The number of hydrogen-bond acceptors (Lipinski definition) is 2. The highest BCUT2D eigenvalue weighted by molar-refractivity contribution is 5.96. The molecule has 1 rings (SSSR count). The molecule has 0 bridgehead atoms. The molecule has 3 N–H and O–H groups in total. The van der Waals surface area contributed by atoms with Gasteiger partial charge in [-0.1, -0.05) is 30.3 Å². The van der Waals surface area contributed by atoms with Crippen molar-refractivity contribution in [3.63, 3.8) is 0 Å². The first-order chi connectivity index (χ1) is 8.54. The second kappa shape index (κ2) is 6.76. The highest BCUT2D eigenvalue weighted by Crippen LogP contribution is 1.95. The van der Waals surface area contributed by atoms with E-state index < -0.39 is 6.03 Å². The molecule has 1 unspecified atom stereocenters. The molecule has 2 atom stereocenters. The number of quaternary nitrogens is 1. The van der Waals surface area contributed by atoms with Crippen molar-refractivity contribution in [3.05, 3.63) is 35.9 Å². The van der Waals surface area contributed by atoms with E-state index in [1.807, 2.05) is 37.4 Å². The van der Waals surface area contributed by atoms with Crippen LogP contribution in [-0.2, 0) is 11.3 Å². The summed E-state index contributed by atoms with van der Waals surface area (Å²) in [7, 11) is 3.41. The van der Waals surface area contributed by atoms with Gasteiger partial charge in [0.25, 0.3) is 5.91 Å². The fourth-order valence-electron chi connectivity index (χ4n) is 1.58. The van der Waals surface area contributed by atoms with E-state index in [9.17, 15) is 9.59 Å². The number of carbonyl (C=O) groups is 2. The van der Waals surface area contributed by atoms with Crippen molar-refractivity contribution in [1.82, 2.24) is 10.6 Å². The molecule has 3 amide bonds. The topological polar surface area (TPSA) is 62.6 Å². The van der Waals surface area contributed by atoms with Crippen molar-refractivity contribution in [1.29, 1.82) is 0 Å². The third-order valence-corrected chi connectivity index (χ3v) is 2.92. The molecule has 1 aromatic carbocycles. The maximum absolute atomic E-state index is 11.8. The monoisotopic (exact) mass is 250 g/mol. The lowest BCUT2D eigenvalue weighted by Crippen LogP contribution is -3.12. The van der Waals surface area contributed by atoms with Gasteiger partial charge >= 0.3 is 6.03 Å². The SMILES string of the molecule is CNC(=O)NC(=O)[C@@H](C)[NH+](C)Cc1ccccc1. The van der Waals surface area contributed by atoms with E-state index in [2.05, 4.69) is 10.6 Å². The van der Waals surface area contributed by atoms with Gasteiger partial charge in [-0.25, -0.2) is 4.79 Å². The van der Waals surface area contributed by atoms with Gasteiger partial charge in [0.2, 0.25) is 0 Å². The molecule has 0 saturated heterocycles. The van der Waals surface area contributed by atoms with Gasteiger partial charge in [-0.05, 0) is 6.92 Å². The molecule has 0 aromatic heterocycles. The summed E-state index contributed by atoms with van der Waals surface area (Å²) >= 11 is 0. The number of imide groups is 1. The summed E-state index contributed by atoms with van der Waals surface area (Å²) in [6.07, 6.45) is 0. The van der Waals surface area contributed by atoms with Gasteiger partial charge in [-0.3, -0.25) is 10.1 Å². The summed E-state index contributed by atoms with van der Waals surface area (Å²) in [6, 6.07) is 9.18. The molecule has 0 aliphatic carbocycles. The minimum absolute atomic E-state index is 0.275. The molecule has 0 fully saturated rings. The second-order valence-electron chi connectivity index (χ2n) is 4.30. The van der Waals surface area contributed by atoms with Gasteiger partial charge in [-0.2, -0.15) is 0 Å². The number of carbonyl (C=O) groups excluding carboxylic acids is 2. The fourth-order valence-corrected chi connectivity index (χ4v) is 1.58. The van der Waals surface area contributed by atoms with Gasteiger partial charge in [0.1, 0.15) is 6.54 Å². The Balaban J connectivity index is 2.53. The lowest BCUT2D eigenvalue weighted by Gasteiger charge is -2.20. The Bertz CT molecular complexity index is 406. The number of likely N-dealkylation sites (N-methyl/N-ethyl adjacent to an activating group) is 1. The molecule has 5 heteroatoms. The van der Waals surface area contributed by atoms with Crippen LogP contribution >= 0.6 is 0 Å². The molecule has 0 spiro atoms. The van der Waals surface area contributed by atoms with Crippen LogP contribution in [-0.4, -0.2) is 32.1 Å². The van der Waals surface area contributed by atoms with Crippen molar-refractivity contribution in [2.75, 3.05) is 14.1 Å². The number of amides is 3. The normalized spacial score (nSPS) is 13.5. The average Bonchev–Trinajstić information content (AvgIpc) is 2.38. The largest absolute Gasteiger partial charge is 0.341 e. The number of hydrogen-bond donors (Lipinski definition) is 3. The van der Waals surface area contributed by atoms with Crippen molar-refractivity contribution >= 4 is 11.9 Å². The standard InChI is InChI=1S/C13H19N3O2/c1-10(12(17)15-13(18)14-2)16(3)9-11-7-5-4-6-8-11/h4-8,10H,9H2,1-3H3,(H2,14,15,17,18)/p+1/t10-/m1/s1. The molecule has 0 aliphatic heterocycles. The second-order valence-corrected chi connectivity index (χ2v) is 4.30.